The van der Waals surface area contributed by atoms with Crippen molar-refractivity contribution < 1.29 is 14.3 Å². The van der Waals surface area contributed by atoms with Gasteiger partial charge in [0, 0.05) is 53.4 Å². The van der Waals surface area contributed by atoms with Gasteiger partial charge in [-0.05, 0) is 6.92 Å². The molecule has 116 valence electrons. The minimum absolute atomic E-state index is 0.00179. The molecule has 0 bridgehead atoms. The van der Waals surface area contributed by atoms with Crippen LogP contribution in [-0.2, 0) is 9.53 Å². The highest BCUT2D eigenvalue weighted by Gasteiger charge is 2.23. The molecule has 1 saturated heterocycles. The van der Waals surface area contributed by atoms with Crippen LogP contribution in [0.1, 0.15) is 6.92 Å². The van der Waals surface area contributed by atoms with E-state index in [2.05, 4.69) is 10.2 Å². The fraction of sp³-hybridized carbons (Fsp3) is 0.846. The number of nitrogens with one attached hydrogen (secondary N) is 1. The van der Waals surface area contributed by atoms with Gasteiger partial charge in [-0.2, -0.15) is 0 Å². The molecular formula is C13H26N4O3. The standard InChI is InChI=1S/C13H26N4O3/c1-11(10-20-4)14-12(18)9-16-5-7-17(8-6-16)13(19)15(2)3/h11H,5-10H2,1-4H3,(H,14,18). The van der Waals surface area contributed by atoms with Gasteiger partial charge in [0.15, 0.2) is 0 Å². The maximum absolute atomic E-state index is 11.8. The highest BCUT2D eigenvalue weighted by Crippen LogP contribution is 2.03. The van der Waals surface area contributed by atoms with Crippen LogP contribution in [0.2, 0.25) is 0 Å². The molecule has 1 rings (SSSR count). The first-order valence-electron chi connectivity index (χ1n) is 6.91. The smallest absolute Gasteiger partial charge is 0.319 e. The van der Waals surface area contributed by atoms with Gasteiger partial charge < -0.3 is 19.9 Å². The van der Waals surface area contributed by atoms with E-state index in [1.54, 1.807) is 26.1 Å². The van der Waals surface area contributed by atoms with Crippen LogP contribution in [-0.4, -0.2) is 93.2 Å². The number of hydrogen-bond donors (Lipinski definition) is 1. The molecule has 20 heavy (non-hydrogen) atoms. The number of ether oxygens (including phenoxy) is 1. The van der Waals surface area contributed by atoms with Crippen molar-refractivity contribution in [1.82, 2.24) is 20.0 Å². The predicted molar refractivity (Wildman–Crippen MR) is 76.6 cm³/mol. The van der Waals surface area contributed by atoms with E-state index in [0.717, 1.165) is 13.1 Å². The van der Waals surface area contributed by atoms with Crippen molar-refractivity contribution in [2.24, 2.45) is 0 Å². The Bertz CT molecular complexity index is 328. The Balaban J connectivity index is 2.28. The highest BCUT2D eigenvalue weighted by molar-refractivity contribution is 5.78. The summed E-state index contributed by atoms with van der Waals surface area (Å²) in [7, 11) is 5.11. The van der Waals surface area contributed by atoms with Crippen LogP contribution >= 0.6 is 0 Å². The topological polar surface area (TPSA) is 65.1 Å². The maximum atomic E-state index is 11.8. The molecule has 0 saturated carbocycles. The van der Waals surface area contributed by atoms with Crippen molar-refractivity contribution in [1.29, 1.82) is 0 Å². The van der Waals surface area contributed by atoms with Crippen LogP contribution in [0.4, 0.5) is 4.79 Å². The van der Waals surface area contributed by atoms with E-state index in [0.29, 0.717) is 26.2 Å². The molecule has 0 aromatic heterocycles. The van der Waals surface area contributed by atoms with Crippen LogP contribution in [0.25, 0.3) is 0 Å². The maximum Gasteiger partial charge on any atom is 0.319 e. The van der Waals surface area contributed by atoms with Gasteiger partial charge in [-0.3, -0.25) is 9.69 Å². The van der Waals surface area contributed by atoms with Crippen molar-refractivity contribution in [2.75, 3.05) is 60.5 Å². The van der Waals surface area contributed by atoms with Crippen molar-refractivity contribution in [3.05, 3.63) is 0 Å². The molecule has 1 heterocycles. The van der Waals surface area contributed by atoms with Gasteiger partial charge in [0.2, 0.25) is 5.91 Å². The number of carbonyl (C=O) groups is 2. The molecule has 1 unspecified atom stereocenters. The van der Waals surface area contributed by atoms with E-state index < -0.39 is 0 Å². The van der Waals surface area contributed by atoms with Gasteiger partial charge >= 0.3 is 6.03 Å². The second-order valence-corrected chi connectivity index (χ2v) is 5.36. The summed E-state index contributed by atoms with van der Waals surface area (Å²) in [6.07, 6.45) is 0. The summed E-state index contributed by atoms with van der Waals surface area (Å²) in [5.41, 5.74) is 0. The molecule has 1 aliphatic heterocycles. The molecule has 1 fully saturated rings. The van der Waals surface area contributed by atoms with Gasteiger partial charge in [0.25, 0.3) is 0 Å². The SMILES string of the molecule is COCC(C)NC(=O)CN1CCN(C(=O)N(C)C)CC1. The first kappa shape index (κ1) is 16.7. The number of piperazine rings is 1. The van der Waals surface area contributed by atoms with Crippen LogP contribution in [0.15, 0.2) is 0 Å². The van der Waals surface area contributed by atoms with E-state index in [1.807, 2.05) is 11.8 Å². The molecule has 0 radical (unpaired) electrons. The molecule has 1 atom stereocenters. The van der Waals surface area contributed by atoms with Gasteiger partial charge in [0.05, 0.1) is 13.2 Å². The lowest BCUT2D eigenvalue weighted by Crippen LogP contribution is -2.53. The summed E-state index contributed by atoms with van der Waals surface area (Å²) in [6, 6.07) is 0.0481. The zero-order chi connectivity index (χ0) is 15.1. The Morgan fingerprint density at radius 3 is 2.35 bits per heavy atom. The zero-order valence-corrected chi connectivity index (χ0v) is 12.9. The quantitative estimate of drug-likeness (QED) is 0.735. The van der Waals surface area contributed by atoms with E-state index in [9.17, 15) is 9.59 Å². The van der Waals surface area contributed by atoms with Gasteiger partial charge in [-0.25, -0.2) is 4.79 Å². The molecule has 1 N–H and O–H groups in total. The second-order valence-electron chi connectivity index (χ2n) is 5.36. The summed E-state index contributed by atoms with van der Waals surface area (Å²) >= 11 is 0. The van der Waals surface area contributed by atoms with Crippen molar-refractivity contribution in [2.45, 2.75) is 13.0 Å². The number of rotatable bonds is 5. The Kier molecular flexibility index (Phi) is 6.74. The number of hydrogen-bond acceptors (Lipinski definition) is 4. The van der Waals surface area contributed by atoms with Crippen molar-refractivity contribution in [3.63, 3.8) is 0 Å². The third-order valence-electron chi connectivity index (χ3n) is 3.22. The number of urea groups is 1. The normalized spacial score (nSPS) is 17.7. The van der Waals surface area contributed by atoms with Crippen LogP contribution in [0.5, 0.6) is 0 Å². The average Bonchev–Trinajstić information content (AvgIpc) is 2.38. The Morgan fingerprint density at radius 2 is 1.85 bits per heavy atom. The number of nitrogens with zero attached hydrogens (tertiary/aromatic N) is 3. The molecular weight excluding hydrogens is 260 g/mol. The average molecular weight is 286 g/mol. The Hall–Kier alpha value is -1.34. The summed E-state index contributed by atoms with van der Waals surface area (Å²) in [5, 5.41) is 2.89. The predicted octanol–water partition coefficient (Wildman–Crippen LogP) is -0.563. The molecule has 0 aromatic carbocycles. The van der Waals surface area contributed by atoms with Crippen LogP contribution in [0, 0.1) is 0 Å². The highest BCUT2D eigenvalue weighted by atomic mass is 16.5. The van der Waals surface area contributed by atoms with Crippen molar-refractivity contribution >= 4 is 11.9 Å². The first-order valence-corrected chi connectivity index (χ1v) is 6.91. The molecule has 0 spiro atoms. The van der Waals surface area contributed by atoms with E-state index in [4.69, 9.17) is 4.74 Å². The molecule has 1 aliphatic rings. The third-order valence-corrected chi connectivity index (χ3v) is 3.22. The number of carbonyl (C=O) groups excluding carboxylic acids is 2. The van der Waals surface area contributed by atoms with E-state index in [1.165, 1.54) is 0 Å². The Morgan fingerprint density at radius 1 is 1.25 bits per heavy atom. The lowest BCUT2D eigenvalue weighted by molar-refractivity contribution is -0.123. The number of methoxy groups -OCH3 is 1. The lowest BCUT2D eigenvalue weighted by atomic mass is 10.3. The molecule has 3 amide bonds. The number of amides is 3. The first-order chi connectivity index (χ1) is 9.43. The molecule has 7 heteroatoms. The molecule has 0 aromatic rings. The Labute approximate surface area is 120 Å². The van der Waals surface area contributed by atoms with Crippen LogP contribution in [0.3, 0.4) is 0 Å². The summed E-state index contributed by atoms with van der Waals surface area (Å²) in [4.78, 5) is 29.1. The van der Waals surface area contributed by atoms with Gasteiger partial charge in [0.1, 0.15) is 0 Å². The largest absolute Gasteiger partial charge is 0.383 e. The lowest BCUT2D eigenvalue weighted by Gasteiger charge is -2.35. The van der Waals surface area contributed by atoms with E-state index in [-0.39, 0.29) is 18.0 Å². The molecule has 0 aliphatic carbocycles. The van der Waals surface area contributed by atoms with Gasteiger partial charge in [-0.1, -0.05) is 0 Å². The fourth-order valence-corrected chi connectivity index (χ4v) is 2.20. The summed E-state index contributed by atoms with van der Waals surface area (Å²) in [5.74, 6) is 0.00179. The summed E-state index contributed by atoms with van der Waals surface area (Å²) < 4.78 is 4.98. The zero-order valence-electron chi connectivity index (χ0n) is 12.9. The fourth-order valence-electron chi connectivity index (χ4n) is 2.20. The van der Waals surface area contributed by atoms with E-state index >= 15 is 0 Å². The minimum atomic E-state index is 0.00179. The minimum Gasteiger partial charge on any atom is -0.383 e. The monoisotopic (exact) mass is 286 g/mol. The van der Waals surface area contributed by atoms with Crippen molar-refractivity contribution in [3.8, 4) is 0 Å². The third kappa shape index (κ3) is 5.34. The van der Waals surface area contributed by atoms with Gasteiger partial charge in [-0.15, -0.1) is 0 Å². The summed E-state index contributed by atoms with van der Waals surface area (Å²) in [6.45, 7) is 5.58. The second kappa shape index (κ2) is 8.06. The van der Waals surface area contributed by atoms with Crippen LogP contribution < -0.4 is 5.32 Å². The molecule has 7 nitrogen and oxygen atoms in total.